The van der Waals surface area contributed by atoms with Gasteiger partial charge in [0.1, 0.15) is 12.1 Å². The van der Waals surface area contributed by atoms with Gasteiger partial charge in [0, 0.05) is 26.7 Å². The molecule has 1 aromatic rings. The van der Waals surface area contributed by atoms with Gasteiger partial charge in [-0.25, -0.2) is 9.97 Å². The van der Waals surface area contributed by atoms with Gasteiger partial charge in [-0.1, -0.05) is 0 Å². The van der Waals surface area contributed by atoms with Crippen LogP contribution < -0.4 is 15.4 Å². The highest BCUT2D eigenvalue weighted by Crippen LogP contribution is 2.23. The van der Waals surface area contributed by atoms with Crippen LogP contribution in [0.1, 0.15) is 12.5 Å². The van der Waals surface area contributed by atoms with Gasteiger partial charge in [0.15, 0.2) is 0 Å². The van der Waals surface area contributed by atoms with Gasteiger partial charge in [0.05, 0.1) is 18.8 Å². The molecule has 6 nitrogen and oxygen atoms in total. The van der Waals surface area contributed by atoms with Gasteiger partial charge in [0.2, 0.25) is 5.88 Å². The third kappa shape index (κ3) is 3.82. The fourth-order valence-electron chi connectivity index (χ4n) is 1.71. The van der Waals surface area contributed by atoms with Crippen LogP contribution in [-0.2, 0) is 4.74 Å². The minimum atomic E-state index is 0.567. The number of aromatic nitrogens is 2. The molecule has 0 fully saturated rings. The summed E-state index contributed by atoms with van der Waals surface area (Å²) in [6.07, 6.45) is 1.52. The molecule has 0 aromatic carbocycles. The van der Waals surface area contributed by atoms with Crippen LogP contribution in [0.5, 0.6) is 5.88 Å². The largest absolute Gasteiger partial charge is 0.478 e. The summed E-state index contributed by atoms with van der Waals surface area (Å²) in [5.41, 5.74) is 6.56. The monoisotopic (exact) mass is 254 g/mol. The lowest BCUT2D eigenvalue weighted by atomic mass is 10.3. The summed E-state index contributed by atoms with van der Waals surface area (Å²) in [6.45, 7) is 7.15. The van der Waals surface area contributed by atoms with Crippen molar-refractivity contribution in [1.82, 2.24) is 9.97 Å². The molecule has 0 saturated heterocycles. The Morgan fingerprint density at radius 2 is 2.11 bits per heavy atom. The van der Waals surface area contributed by atoms with Gasteiger partial charge < -0.3 is 20.1 Å². The fourth-order valence-corrected chi connectivity index (χ4v) is 1.71. The second-order valence-electron chi connectivity index (χ2n) is 3.83. The molecule has 1 heterocycles. The molecule has 0 aliphatic carbocycles. The van der Waals surface area contributed by atoms with E-state index in [1.165, 1.54) is 6.33 Å². The average molecular weight is 254 g/mol. The summed E-state index contributed by atoms with van der Waals surface area (Å²) in [5.74, 6) is 1.48. The van der Waals surface area contributed by atoms with Crippen molar-refractivity contribution in [3.8, 4) is 5.88 Å². The van der Waals surface area contributed by atoms with E-state index in [4.69, 9.17) is 15.2 Å². The summed E-state index contributed by atoms with van der Waals surface area (Å²) >= 11 is 0. The van der Waals surface area contributed by atoms with Crippen LogP contribution in [0.2, 0.25) is 0 Å². The van der Waals surface area contributed by atoms with Crippen molar-refractivity contribution >= 4 is 5.82 Å². The molecule has 0 spiro atoms. The molecule has 0 amide bonds. The van der Waals surface area contributed by atoms with E-state index < -0.39 is 0 Å². The van der Waals surface area contributed by atoms with E-state index in [-0.39, 0.29) is 0 Å². The number of ether oxygens (including phenoxy) is 2. The van der Waals surface area contributed by atoms with Gasteiger partial charge >= 0.3 is 0 Å². The molecular formula is C12H22N4O2. The van der Waals surface area contributed by atoms with Crippen molar-refractivity contribution in [2.45, 2.75) is 13.8 Å². The summed E-state index contributed by atoms with van der Waals surface area (Å²) in [4.78, 5) is 10.5. The number of rotatable bonds is 8. The quantitative estimate of drug-likeness (QED) is 0.732. The first kappa shape index (κ1) is 14.7. The van der Waals surface area contributed by atoms with Crippen LogP contribution >= 0.6 is 0 Å². The average Bonchev–Trinajstić information content (AvgIpc) is 2.38. The van der Waals surface area contributed by atoms with E-state index in [0.717, 1.165) is 24.5 Å². The van der Waals surface area contributed by atoms with E-state index in [0.29, 0.717) is 25.6 Å². The van der Waals surface area contributed by atoms with Crippen molar-refractivity contribution in [2.75, 3.05) is 44.9 Å². The molecule has 18 heavy (non-hydrogen) atoms. The predicted octanol–water partition coefficient (Wildman–Crippen LogP) is 0.595. The van der Waals surface area contributed by atoms with Crippen molar-refractivity contribution in [3.05, 3.63) is 11.9 Å². The van der Waals surface area contributed by atoms with Crippen LogP contribution in [0, 0.1) is 6.92 Å². The topological polar surface area (TPSA) is 73.5 Å². The molecule has 0 saturated carbocycles. The van der Waals surface area contributed by atoms with E-state index in [1.807, 2.05) is 13.8 Å². The van der Waals surface area contributed by atoms with E-state index in [2.05, 4.69) is 14.9 Å². The molecule has 0 radical (unpaired) electrons. The predicted molar refractivity (Wildman–Crippen MR) is 71.1 cm³/mol. The van der Waals surface area contributed by atoms with Gasteiger partial charge in [-0.15, -0.1) is 0 Å². The van der Waals surface area contributed by atoms with Crippen molar-refractivity contribution in [1.29, 1.82) is 0 Å². The van der Waals surface area contributed by atoms with E-state index in [1.54, 1.807) is 7.11 Å². The van der Waals surface area contributed by atoms with E-state index >= 15 is 0 Å². The SMILES string of the molecule is CCOc1ncnc(N(CCN)CCOC)c1C. The maximum Gasteiger partial charge on any atom is 0.221 e. The third-order valence-corrected chi connectivity index (χ3v) is 2.56. The minimum absolute atomic E-state index is 0.567. The summed E-state index contributed by atoms with van der Waals surface area (Å²) in [7, 11) is 1.68. The molecular weight excluding hydrogens is 232 g/mol. The van der Waals surface area contributed by atoms with Crippen molar-refractivity contribution in [3.63, 3.8) is 0 Å². The Hall–Kier alpha value is -1.40. The number of hydrogen-bond acceptors (Lipinski definition) is 6. The zero-order valence-corrected chi connectivity index (χ0v) is 11.3. The first-order valence-electron chi connectivity index (χ1n) is 6.12. The highest BCUT2D eigenvalue weighted by atomic mass is 16.5. The molecule has 6 heteroatoms. The van der Waals surface area contributed by atoms with Crippen molar-refractivity contribution in [2.24, 2.45) is 5.73 Å². The molecule has 1 aromatic heterocycles. The Bertz CT molecular complexity index is 360. The molecule has 102 valence electrons. The number of methoxy groups -OCH3 is 1. The van der Waals surface area contributed by atoms with Crippen LogP contribution in [0.3, 0.4) is 0 Å². The standard InChI is InChI=1S/C12H22N4O2/c1-4-18-12-10(2)11(14-9-15-12)16(6-5-13)7-8-17-3/h9H,4-8,13H2,1-3H3. The number of anilines is 1. The molecule has 0 bridgehead atoms. The Morgan fingerprint density at radius 3 is 2.72 bits per heavy atom. The Morgan fingerprint density at radius 1 is 1.33 bits per heavy atom. The van der Waals surface area contributed by atoms with Crippen molar-refractivity contribution < 1.29 is 9.47 Å². The van der Waals surface area contributed by atoms with Gasteiger partial charge in [0.25, 0.3) is 0 Å². The first-order valence-corrected chi connectivity index (χ1v) is 6.12. The van der Waals surface area contributed by atoms with Crippen LogP contribution in [-0.4, -0.2) is 49.9 Å². The van der Waals surface area contributed by atoms with Gasteiger partial charge in [-0.05, 0) is 13.8 Å². The zero-order chi connectivity index (χ0) is 13.4. The second kappa shape index (κ2) is 7.84. The van der Waals surface area contributed by atoms with Crippen LogP contribution in [0.15, 0.2) is 6.33 Å². The normalized spacial score (nSPS) is 10.4. The molecule has 2 N–H and O–H groups in total. The van der Waals surface area contributed by atoms with Crippen LogP contribution in [0.25, 0.3) is 0 Å². The fraction of sp³-hybridized carbons (Fsp3) is 0.667. The smallest absolute Gasteiger partial charge is 0.221 e. The molecule has 0 unspecified atom stereocenters. The lowest BCUT2D eigenvalue weighted by molar-refractivity contribution is 0.205. The third-order valence-electron chi connectivity index (χ3n) is 2.56. The lowest BCUT2D eigenvalue weighted by Crippen LogP contribution is -2.33. The highest BCUT2D eigenvalue weighted by Gasteiger charge is 2.14. The summed E-state index contributed by atoms with van der Waals surface area (Å²) in [6, 6.07) is 0. The Kier molecular flexibility index (Phi) is 6.38. The highest BCUT2D eigenvalue weighted by molar-refractivity contribution is 5.50. The second-order valence-corrected chi connectivity index (χ2v) is 3.83. The maximum absolute atomic E-state index is 5.63. The Labute approximate surface area is 108 Å². The first-order chi connectivity index (χ1) is 8.74. The van der Waals surface area contributed by atoms with Gasteiger partial charge in [-0.2, -0.15) is 0 Å². The Balaban J connectivity index is 2.92. The number of nitrogens with zero attached hydrogens (tertiary/aromatic N) is 3. The summed E-state index contributed by atoms with van der Waals surface area (Å²) in [5, 5.41) is 0. The number of hydrogen-bond donors (Lipinski definition) is 1. The number of nitrogens with two attached hydrogens (primary N) is 1. The van der Waals surface area contributed by atoms with Crippen LogP contribution in [0.4, 0.5) is 5.82 Å². The summed E-state index contributed by atoms with van der Waals surface area (Å²) < 4.78 is 10.6. The molecule has 0 aliphatic heterocycles. The lowest BCUT2D eigenvalue weighted by Gasteiger charge is -2.24. The van der Waals surface area contributed by atoms with E-state index in [9.17, 15) is 0 Å². The molecule has 0 aliphatic rings. The molecule has 0 atom stereocenters. The van der Waals surface area contributed by atoms with Gasteiger partial charge in [-0.3, -0.25) is 0 Å². The maximum atomic E-state index is 5.63. The minimum Gasteiger partial charge on any atom is -0.478 e. The zero-order valence-electron chi connectivity index (χ0n) is 11.3. The molecule has 1 rings (SSSR count).